The standard InChI is InChI=1S/C25H30N2O6/c1-3-4-13-21(23(28)26-14-22(32-2)24(29)30)27-25(31)33-15-20-18-11-7-5-9-16(18)17-10-6-8-12-19(17)20/h5-12,20-22H,3-4,13-15H2,1-2H3,(H,26,28)(H,27,31)(H,29,30). The number of carbonyl (C=O) groups excluding carboxylic acids is 2. The Labute approximate surface area is 193 Å². The van der Waals surface area contributed by atoms with Crippen molar-refractivity contribution in [1.29, 1.82) is 0 Å². The molecule has 0 aliphatic heterocycles. The molecule has 8 nitrogen and oxygen atoms in total. The number of nitrogens with one attached hydrogen (secondary N) is 2. The maximum Gasteiger partial charge on any atom is 0.407 e. The zero-order valence-electron chi connectivity index (χ0n) is 18.9. The van der Waals surface area contributed by atoms with Crippen molar-refractivity contribution in [3.05, 3.63) is 59.7 Å². The van der Waals surface area contributed by atoms with E-state index in [0.29, 0.717) is 12.8 Å². The molecule has 0 bridgehead atoms. The number of hydrogen-bond donors (Lipinski definition) is 3. The second kappa shape index (κ2) is 11.5. The van der Waals surface area contributed by atoms with Crippen LogP contribution >= 0.6 is 0 Å². The molecule has 0 saturated carbocycles. The van der Waals surface area contributed by atoms with Gasteiger partial charge in [0.1, 0.15) is 12.6 Å². The van der Waals surface area contributed by atoms with Crippen molar-refractivity contribution in [3.8, 4) is 11.1 Å². The van der Waals surface area contributed by atoms with Gasteiger partial charge in [0.2, 0.25) is 5.91 Å². The summed E-state index contributed by atoms with van der Waals surface area (Å²) in [5.74, 6) is -1.73. The van der Waals surface area contributed by atoms with E-state index in [-0.39, 0.29) is 19.1 Å². The quantitative estimate of drug-likeness (QED) is 0.480. The number of amides is 2. The molecule has 2 aromatic carbocycles. The first kappa shape index (κ1) is 24.3. The van der Waals surface area contributed by atoms with E-state index in [1.54, 1.807) is 0 Å². The van der Waals surface area contributed by atoms with Crippen molar-refractivity contribution < 1.29 is 29.0 Å². The number of unbranched alkanes of at least 4 members (excludes halogenated alkanes) is 1. The molecule has 0 fully saturated rings. The van der Waals surface area contributed by atoms with Gasteiger partial charge in [0.25, 0.3) is 0 Å². The number of ether oxygens (including phenoxy) is 2. The SMILES string of the molecule is CCCCC(NC(=O)OCC1c2ccccc2-c2ccccc21)C(=O)NCC(OC)C(=O)O. The number of carbonyl (C=O) groups is 3. The van der Waals surface area contributed by atoms with E-state index < -0.39 is 30.1 Å². The molecule has 2 amide bonds. The molecule has 2 atom stereocenters. The molecule has 3 rings (SSSR count). The fraction of sp³-hybridized carbons (Fsp3) is 0.400. The highest BCUT2D eigenvalue weighted by Gasteiger charge is 2.30. The molecule has 0 spiro atoms. The van der Waals surface area contributed by atoms with Crippen molar-refractivity contribution >= 4 is 18.0 Å². The first-order chi connectivity index (χ1) is 16.0. The first-order valence-electron chi connectivity index (χ1n) is 11.1. The number of rotatable bonds is 11. The van der Waals surface area contributed by atoms with Gasteiger partial charge in [-0.25, -0.2) is 9.59 Å². The minimum Gasteiger partial charge on any atom is -0.479 e. The molecule has 8 heteroatoms. The molecule has 2 unspecified atom stereocenters. The Balaban J connectivity index is 1.61. The van der Waals surface area contributed by atoms with Crippen LogP contribution in [0.1, 0.15) is 43.2 Å². The van der Waals surface area contributed by atoms with E-state index in [9.17, 15) is 14.4 Å². The highest BCUT2D eigenvalue weighted by Crippen LogP contribution is 2.44. The molecule has 33 heavy (non-hydrogen) atoms. The van der Waals surface area contributed by atoms with Crippen molar-refractivity contribution in [2.75, 3.05) is 20.3 Å². The Kier molecular flexibility index (Phi) is 8.43. The topological polar surface area (TPSA) is 114 Å². The lowest BCUT2D eigenvalue weighted by Crippen LogP contribution is -2.49. The molecule has 176 valence electrons. The average Bonchev–Trinajstić information content (AvgIpc) is 3.14. The molecule has 3 N–H and O–H groups in total. The monoisotopic (exact) mass is 454 g/mol. The van der Waals surface area contributed by atoms with E-state index in [1.165, 1.54) is 7.11 Å². The van der Waals surface area contributed by atoms with Crippen LogP contribution in [0, 0.1) is 0 Å². The molecular formula is C25H30N2O6. The third kappa shape index (κ3) is 5.90. The zero-order chi connectivity index (χ0) is 23.8. The maximum atomic E-state index is 12.6. The van der Waals surface area contributed by atoms with Gasteiger partial charge in [0.05, 0.1) is 6.54 Å². The highest BCUT2D eigenvalue weighted by molar-refractivity contribution is 5.86. The Morgan fingerprint density at radius 1 is 1.03 bits per heavy atom. The van der Waals surface area contributed by atoms with E-state index in [4.69, 9.17) is 14.6 Å². The van der Waals surface area contributed by atoms with Gasteiger partial charge in [-0.1, -0.05) is 68.3 Å². The van der Waals surface area contributed by atoms with Gasteiger partial charge in [0, 0.05) is 13.0 Å². The third-order valence-electron chi connectivity index (χ3n) is 5.82. The Hall–Kier alpha value is -3.39. The lowest BCUT2D eigenvalue weighted by atomic mass is 9.98. The molecule has 0 aromatic heterocycles. The first-order valence-corrected chi connectivity index (χ1v) is 11.1. The summed E-state index contributed by atoms with van der Waals surface area (Å²) in [6.07, 6.45) is 0.127. The second-order valence-electron chi connectivity index (χ2n) is 7.97. The van der Waals surface area contributed by atoms with Crippen LogP contribution in [-0.2, 0) is 19.1 Å². The fourth-order valence-corrected chi connectivity index (χ4v) is 4.05. The lowest BCUT2D eigenvalue weighted by Gasteiger charge is -2.20. The van der Waals surface area contributed by atoms with Crippen LogP contribution in [0.25, 0.3) is 11.1 Å². The largest absolute Gasteiger partial charge is 0.479 e. The summed E-state index contributed by atoms with van der Waals surface area (Å²) in [4.78, 5) is 36.2. The van der Waals surface area contributed by atoms with Crippen LogP contribution < -0.4 is 10.6 Å². The Morgan fingerprint density at radius 3 is 2.18 bits per heavy atom. The number of carboxylic acids is 1. The smallest absolute Gasteiger partial charge is 0.407 e. The summed E-state index contributed by atoms with van der Waals surface area (Å²) < 4.78 is 10.4. The summed E-state index contributed by atoms with van der Waals surface area (Å²) in [6.45, 7) is 1.93. The minimum absolute atomic E-state index is 0.0795. The van der Waals surface area contributed by atoms with Crippen molar-refractivity contribution in [2.45, 2.75) is 44.2 Å². The predicted molar refractivity (Wildman–Crippen MR) is 123 cm³/mol. The summed E-state index contributed by atoms with van der Waals surface area (Å²) in [5.41, 5.74) is 4.47. The number of hydrogen-bond acceptors (Lipinski definition) is 5. The van der Waals surface area contributed by atoms with Crippen LogP contribution in [0.5, 0.6) is 0 Å². The highest BCUT2D eigenvalue weighted by atomic mass is 16.5. The van der Waals surface area contributed by atoms with E-state index >= 15 is 0 Å². The maximum absolute atomic E-state index is 12.6. The van der Waals surface area contributed by atoms with E-state index in [2.05, 4.69) is 22.8 Å². The molecule has 1 aliphatic rings. The van der Waals surface area contributed by atoms with Crippen LogP contribution in [0.2, 0.25) is 0 Å². The molecule has 0 radical (unpaired) electrons. The third-order valence-corrected chi connectivity index (χ3v) is 5.82. The summed E-state index contributed by atoms with van der Waals surface area (Å²) >= 11 is 0. The molecule has 0 heterocycles. The number of alkyl carbamates (subject to hydrolysis) is 1. The van der Waals surface area contributed by atoms with Gasteiger partial charge in [0.15, 0.2) is 6.10 Å². The zero-order valence-corrected chi connectivity index (χ0v) is 18.9. The average molecular weight is 455 g/mol. The molecule has 0 saturated heterocycles. The van der Waals surface area contributed by atoms with Gasteiger partial charge in [-0.05, 0) is 28.7 Å². The number of benzene rings is 2. The Morgan fingerprint density at radius 2 is 1.64 bits per heavy atom. The lowest BCUT2D eigenvalue weighted by molar-refractivity contribution is -0.148. The summed E-state index contributed by atoms with van der Waals surface area (Å²) in [7, 11) is 1.26. The van der Waals surface area contributed by atoms with E-state index in [1.807, 2.05) is 43.3 Å². The summed E-state index contributed by atoms with van der Waals surface area (Å²) in [5, 5.41) is 14.2. The van der Waals surface area contributed by atoms with Crippen molar-refractivity contribution in [2.24, 2.45) is 0 Å². The van der Waals surface area contributed by atoms with Gasteiger partial charge in [-0.2, -0.15) is 0 Å². The van der Waals surface area contributed by atoms with Crippen molar-refractivity contribution in [1.82, 2.24) is 10.6 Å². The predicted octanol–water partition coefficient (Wildman–Crippen LogP) is 3.30. The fourth-order valence-electron chi connectivity index (χ4n) is 4.05. The van der Waals surface area contributed by atoms with E-state index in [0.717, 1.165) is 28.7 Å². The van der Waals surface area contributed by atoms with Gasteiger partial charge < -0.3 is 25.2 Å². The van der Waals surface area contributed by atoms with Gasteiger partial charge in [-0.3, -0.25) is 4.79 Å². The number of fused-ring (bicyclic) bond motifs is 3. The van der Waals surface area contributed by atoms with Crippen molar-refractivity contribution in [3.63, 3.8) is 0 Å². The number of carboxylic acid groups (broad SMARTS) is 1. The molecule has 2 aromatic rings. The normalized spacial score (nSPS) is 14.0. The minimum atomic E-state index is -1.17. The number of methoxy groups -OCH3 is 1. The van der Waals surface area contributed by atoms with Crippen LogP contribution in [-0.4, -0.2) is 55.5 Å². The van der Waals surface area contributed by atoms with Gasteiger partial charge in [-0.15, -0.1) is 0 Å². The van der Waals surface area contributed by atoms with Crippen LogP contribution in [0.3, 0.4) is 0 Å². The molecular weight excluding hydrogens is 424 g/mol. The van der Waals surface area contributed by atoms with Crippen LogP contribution in [0.4, 0.5) is 4.79 Å². The Bertz CT molecular complexity index is 947. The second-order valence-corrected chi connectivity index (χ2v) is 7.97. The number of aliphatic carboxylic acids is 1. The summed E-state index contributed by atoms with van der Waals surface area (Å²) in [6, 6.07) is 15.3. The van der Waals surface area contributed by atoms with Crippen LogP contribution in [0.15, 0.2) is 48.5 Å². The molecule has 1 aliphatic carbocycles. The van der Waals surface area contributed by atoms with Gasteiger partial charge >= 0.3 is 12.1 Å².